The molecule has 4 heteroatoms. The van der Waals surface area contributed by atoms with Gasteiger partial charge in [-0.3, -0.25) is 4.79 Å². The number of carbonyl (C=O) groups excluding carboxylic acids is 1. The van der Waals surface area contributed by atoms with Crippen LogP contribution < -0.4 is 5.32 Å². The summed E-state index contributed by atoms with van der Waals surface area (Å²) in [6.07, 6.45) is 5.52. The minimum absolute atomic E-state index is 0.183. The van der Waals surface area contributed by atoms with Crippen LogP contribution in [0.5, 0.6) is 0 Å². The van der Waals surface area contributed by atoms with Crippen molar-refractivity contribution in [1.82, 2.24) is 4.98 Å². The van der Waals surface area contributed by atoms with E-state index in [1.54, 1.807) is 0 Å². The summed E-state index contributed by atoms with van der Waals surface area (Å²) >= 11 is 6.09. The van der Waals surface area contributed by atoms with E-state index in [1.807, 2.05) is 30.3 Å². The number of hydrogen-bond donors (Lipinski definition) is 1. The molecule has 1 heterocycles. The minimum atomic E-state index is 0.183. The predicted molar refractivity (Wildman–Crippen MR) is 95.5 cm³/mol. The average molecular weight is 327 g/mol. The molecule has 3 rings (SSSR count). The number of ketones is 1. The van der Waals surface area contributed by atoms with Crippen molar-refractivity contribution in [1.29, 1.82) is 0 Å². The first-order valence-electron chi connectivity index (χ1n) is 7.79. The highest BCUT2D eigenvalue weighted by molar-refractivity contribution is 6.29. The molecule has 1 N–H and O–H groups in total. The van der Waals surface area contributed by atoms with Crippen LogP contribution in [0.15, 0.2) is 36.4 Å². The molecule has 0 unspecified atom stereocenters. The van der Waals surface area contributed by atoms with Gasteiger partial charge in [-0.15, -0.1) is 0 Å². The highest BCUT2D eigenvalue weighted by Crippen LogP contribution is 2.30. The largest absolute Gasteiger partial charge is 0.355 e. The number of hydrogen-bond acceptors (Lipinski definition) is 3. The second kappa shape index (κ2) is 6.55. The van der Waals surface area contributed by atoms with Crippen LogP contribution in [0.4, 0.5) is 11.4 Å². The normalized spacial score (nSPS) is 12.5. The summed E-state index contributed by atoms with van der Waals surface area (Å²) in [5, 5.41) is 3.85. The molecule has 0 fully saturated rings. The van der Waals surface area contributed by atoms with Gasteiger partial charge in [-0.1, -0.05) is 37.6 Å². The number of benzene rings is 1. The fourth-order valence-electron chi connectivity index (χ4n) is 2.69. The summed E-state index contributed by atoms with van der Waals surface area (Å²) in [5.74, 6) is 0.552. The molecule has 0 saturated carbocycles. The molecule has 1 aromatic heterocycles. The lowest BCUT2D eigenvalue weighted by atomic mass is 10.0. The predicted octanol–water partition coefficient (Wildman–Crippen LogP) is 5.28. The monoisotopic (exact) mass is 326 g/mol. The summed E-state index contributed by atoms with van der Waals surface area (Å²) < 4.78 is 0. The molecule has 1 aromatic carbocycles. The van der Waals surface area contributed by atoms with E-state index in [9.17, 15) is 4.79 Å². The Balaban J connectivity index is 1.79. The quantitative estimate of drug-likeness (QED) is 0.600. The van der Waals surface area contributed by atoms with Crippen LogP contribution in [0.25, 0.3) is 6.08 Å². The summed E-state index contributed by atoms with van der Waals surface area (Å²) in [7, 11) is 0. The number of carbonyl (C=O) groups is 1. The number of halogens is 1. The van der Waals surface area contributed by atoms with Crippen molar-refractivity contribution in [3.8, 4) is 0 Å². The third kappa shape index (κ3) is 3.62. The zero-order chi connectivity index (χ0) is 16.4. The maximum absolute atomic E-state index is 12.1. The Labute approximate surface area is 141 Å². The van der Waals surface area contributed by atoms with Gasteiger partial charge in [-0.2, -0.15) is 0 Å². The van der Waals surface area contributed by atoms with Crippen molar-refractivity contribution in [2.45, 2.75) is 26.7 Å². The van der Waals surface area contributed by atoms with E-state index < -0.39 is 0 Å². The second-order valence-electron chi connectivity index (χ2n) is 6.18. The third-order valence-corrected chi connectivity index (χ3v) is 3.98. The lowest BCUT2D eigenvalue weighted by Gasteiger charge is -2.12. The fraction of sp³-hybridized carbons (Fsp3) is 0.263. The van der Waals surface area contributed by atoms with Crippen LogP contribution in [-0.4, -0.2) is 10.8 Å². The van der Waals surface area contributed by atoms with Crippen LogP contribution in [0.3, 0.4) is 0 Å². The van der Waals surface area contributed by atoms with Gasteiger partial charge < -0.3 is 5.32 Å². The van der Waals surface area contributed by atoms with Gasteiger partial charge in [-0.05, 0) is 36.2 Å². The van der Waals surface area contributed by atoms with Gasteiger partial charge in [0.25, 0.3) is 0 Å². The van der Waals surface area contributed by atoms with Crippen molar-refractivity contribution < 1.29 is 4.79 Å². The van der Waals surface area contributed by atoms with Crippen LogP contribution >= 0.6 is 11.6 Å². The lowest BCUT2D eigenvalue weighted by molar-refractivity contribution is 0.0968. The van der Waals surface area contributed by atoms with E-state index in [2.05, 4.69) is 36.3 Å². The Morgan fingerprint density at radius 2 is 2.04 bits per heavy atom. The Kier molecular flexibility index (Phi) is 4.49. The molecule has 118 valence electrons. The number of nitrogens with zero attached hydrogens (tertiary/aromatic N) is 1. The topological polar surface area (TPSA) is 42.0 Å². The maximum atomic E-state index is 12.1. The molecule has 0 radical (unpaired) electrons. The number of fused-ring (bicyclic) bond motifs is 1. The molecule has 0 bridgehead atoms. The molecule has 0 amide bonds. The minimum Gasteiger partial charge on any atom is -0.355 e. The number of anilines is 2. The molecular weight excluding hydrogens is 308 g/mol. The molecule has 0 saturated heterocycles. The van der Waals surface area contributed by atoms with E-state index in [1.165, 1.54) is 0 Å². The Morgan fingerprint density at radius 1 is 1.30 bits per heavy atom. The number of pyridine rings is 1. The average Bonchev–Trinajstić information content (AvgIpc) is 2.95. The van der Waals surface area contributed by atoms with Crippen LogP contribution in [0.2, 0.25) is 5.15 Å². The van der Waals surface area contributed by atoms with Gasteiger partial charge in [0.1, 0.15) is 5.15 Å². The summed E-state index contributed by atoms with van der Waals surface area (Å²) in [6.45, 7) is 4.10. The Bertz CT molecular complexity index is 764. The SMILES string of the molecule is CC(C)CC(=O)c1ccc(Nc2cc(Cl)nc3c2C=CC3)cc1. The van der Waals surface area contributed by atoms with Crippen LogP contribution in [0, 0.1) is 5.92 Å². The van der Waals surface area contributed by atoms with E-state index in [0.29, 0.717) is 17.5 Å². The van der Waals surface area contributed by atoms with E-state index in [-0.39, 0.29) is 5.78 Å². The van der Waals surface area contributed by atoms with Crippen molar-refractivity contribution >= 4 is 34.8 Å². The van der Waals surface area contributed by atoms with E-state index in [4.69, 9.17) is 11.6 Å². The van der Waals surface area contributed by atoms with Crippen molar-refractivity contribution in [3.63, 3.8) is 0 Å². The third-order valence-electron chi connectivity index (χ3n) is 3.78. The molecule has 0 atom stereocenters. The van der Waals surface area contributed by atoms with Gasteiger partial charge in [0, 0.05) is 29.7 Å². The Hall–Kier alpha value is -2.13. The van der Waals surface area contributed by atoms with Gasteiger partial charge in [0.15, 0.2) is 5.78 Å². The standard InChI is InChI=1S/C19H19ClN2O/c1-12(2)10-18(23)13-6-8-14(9-7-13)21-17-11-19(20)22-16-5-3-4-15(16)17/h3-4,6-9,11-12H,5,10H2,1-2H3,(H,21,22). The summed E-state index contributed by atoms with van der Waals surface area (Å²) in [6, 6.07) is 9.41. The van der Waals surface area contributed by atoms with Crippen LogP contribution in [0.1, 0.15) is 41.9 Å². The van der Waals surface area contributed by atoms with Crippen molar-refractivity contribution in [2.24, 2.45) is 5.92 Å². The molecule has 3 nitrogen and oxygen atoms in total. The van der Waals surface area contributed by atoms with Crippen LogP contribution in [-0.2, 0) is 6.42 Å². The number of rotatable bonds is 5. The number of aromatic nitrogens is 1. The van der Waals surface area contributed by atoms with Crippen molar-refractivity contribution in [3.05, 3.63) is 58.4 Å². The van der Waals surface area contributed by atoms with Gasteiger partial charge in [0.2, 0.25) is 0 Å². The van der Waals surface area contributed by atoms with Gasteiger partial charge in [-0.25, -0.2) is 4.98 Å². The first-order chi connectivity index (χ1) is 11.0. The Morgan fingerprint density at radius 3 is 2.74 bits per heavy atom. The first kappa shape index (κ1) is 15.8. The molecule has 23 heavy (non-hydrogen) atoms. The van der Waals surface area contributed by atoms with Gasteiger partial charge in [0.05, 0.1) is 11.4 Å². The molecule has 1 aliphatic carbocycles. The fourth-order valence-corrected chi connectivity index (χ4v) is 2.90. The van der Waals surface area contributed by atoms with E-state index >= 15 is 0 Å². The molecule has 1 aliphatic rings. The van der Waals surface area contributed by atoms with Gasteiger partial charge >= 0.3 is 0 Å². The second-order valence-corrected chi connectivity index (χ2v) is 6.57. The number of nitrogens with one attached hydrogen (secondary N) is 1. The lowest BCUT2D eigenvalue weighted by Crippen LogP contribution is -2.03. The molecule has 2 aromatic rings. The zero-order valence-electron chi connectivity index (χ0n) is 13.3. The zero-order valence-corrected chi connectivity index (χ0v) is 14.0. The molecule has 0 spiro atoms. The highest BCUT2D eigenvalue weighted by atomic mass is 35.5. The highest BCUT2D eigenvalue weighted by Gasteiger charge is 2.14. The van der Waals surface area contributed by atoms with Crippen molar-refractivity contribution in [2.75, 3.05) is 5.32 Å². The number of allylic oxidation sites excluding steroid dienone is 1. The molecule has 0 aliphatic heterocycles. The summed E-state index contributed by atoms with van der Waals surface area (Å²) in [5.41, 5.74) is 4.69. The molecular formula is C19H19ClN2O. The maximum Gasteiger partial charge on any atom is 0.163 e. The first-order valence-corrected chi connectivity index (χ1v) is 8.17. The smallest absolute Gasteiger partial charge is 0.163 e. The van der Waals surface area contributed by atoms with E-state index in [0.717, 1.165) is 34.6 Å². The number of Topliss-reactive ketones (excluding diaryl/α,β-unsaturated/α-hetero) is 1. The summed E-state index contributed by atoms with van der Waals surface area (Å²) in [4.78, 5) is 16.4.